The van der Waals surface area contributed by atoms with Gasteiger partial charge in [-0.1, -0.05) is 53.7 Å². The minimum absolute atomic E-state index is 0.0944. The zero-order valence-corrected chi connectivity index (χ0v) is 32.9. The highest BCUT2D eigenvalue weighted by Gasteiger charge is 2.38. The second-order valence-electron chi connectivity index (χ2n) is 12.5. The van der Waals surface area contributed by atoms with Gasteiger partial charge < -0.3 is 15.3 Å². The van der Waals surface area contributed by atoms with E-state index >= 15 is 0 Å². The van der Waals surface area contributed by atoms with Crippen molar-refractivity contribution in [3.05, 3.63) is 71.6 Å². The first-order chi connectivity index (χ1) is 22.8. The van der Waals surface area contributed by atoms with Crippen LogP contribution in [-0.4, -0.2) is 35.1 Å². The van der Waals surface area contributed by atoms with Gasteiger partial charge in [-0.15, -0.1) is 22.7 Å². The Morgan fingerprint density at radius 1 is 0.688 bits per heavy atom. The fraction of sp³-hybridized carbons (Fsp3) is 0.568. The van der Waals surface area contributed by atoms with Crippen molar-refractivity contribution >= 4 is 54.9 Å². The zero-order chi connectivity index (χ0) is 36.4. The minimum atomic E-state index is -0.573. The molecule has 3 aromatic rings. The Hall–Kier alpha value is -2.58. The smallest absolute Gasteiger partial charge is 0.241 e. The van der Waals surface area contributed by atoms with Crippen LogP contribution in [0.1, 0.15) is 94.7 Å². The Balaban J connectivity index is 0.000000361. The van der Waals surface area contributed by atoms with Gasteiger partial charge in [-0.3, -0.25) is 0 Å². The normalized spacial score (nSPS) is 14.5. The van der Waals surface area contributed by atoms with Gasteiger partial charge in [-0.05, 0) is 102 Å². The van der Waals surface area contributed by atoms with Crippen molar-refractivity contribution in [3.63, 3.8) is 0 Å². The molecule has 0 saturated heterocycles. The predicted octanol–water partition coefficient (Wildman–Crippen LogP) is 10.1. The molecular formula is C37H49BrN4O3S3. The molecule has 3 atom stereocenters. The Kier molecular flexibility index (Phi) is 19.5. The van der Waals surface area contributed by atoms with Crippen LogP contribution in [0.2, 0.25) is 0 Å². The van der Waals surface area contributed by atoms with Crippen LogP contribution in [0.4, 0.5) is 5.00 Å². The molecule has 7 nitrogen and oxygen atoms in total. The van der Waals surface area contributed by atoms with Gasteiger partial charge in [0.05, 0.1) is 44.8 Å². The highest BCUT2D eigenvalue weighted by atomic mass is 79.9. The van der Waals surface area contributed by atoms with Crippen molar-refractivity contribution in [2.75, 3.05) is 19.8 Å². The van der Waals surface area contributed by atoms with E-state index in [4.69, 9.17) is 21.9 Å². The Morgan fingerprint density at radius 2 is 1.10 bits per heavy atom. The number of aliphatic hydroxyl groups excluding tert-OH is 3. The second kappa shape index (κ2) is 21.5. The summed E-state index contributed by atoms with van der Waals surface area (Å²) >= 11 is 8.06. The lowest BCUT2D eigenvalue weighted by atomic mass is 9.74. The van der Waals surface area contributed by atoms with Gasteiger partial charge in [0.1, 0.15) is 0 Å². The average Bonchev–Trinajstić information content (AvgIpc) is 3.87. The summed E-state index contributed by atoms with van der Waals surface area (Å²) in [7, 11) is 0. The van der Waals surface area contributed by atoms with Crippen molar-refractivity contribution in [2.24, 2.45) is 17.8 Å². The van der Waals surface area contributed by atoms with Gasteiger partial charge >= 0.3 is 0 Å². The van der Waals surface area contributed by atoms with Crippen LogP contribution in [0.3, 0.4) is 0 Å². The van der Waals surface area contributed by atoms with E-state index in [0.717, 1.165) is 24.8 Å². The summed E-state index contributed by atoms with van der Waals surface area (Å²) in [6.07, 6.45) is 4.04. The van der Waals surface area contributed by atoms with E-state index < -0.39 is 16.2 Å². The molecule has 11 heteroatoms. The molecule has 3 heterocycles. The van der Waals surface area contributed by atoms with E-state index in [1.165, 1.54) is 11.3 Å². The van der Waals surface area contributed by atoms with Crippen LogP contribution >= 0.6 is 49.9 Å². The maximum Gasteiger partial charge on any atom is 0.241 e. The van der Waals surface area contributed by atoms with Gasteiger partial charge in [-0.25, -0.2) is 4.85 Å². The fourth-order valence-corrected chi connectivity index (χ4v) is 9.46. The second-order valence-corrected chi connectivity index (χ2v) is 17.0. The lowest BCUT2D eigenvalue weighted by Crippen LogP contribution is -2.30. The molecule has 48 heavy (non-hydrogen) atoms. The molecule has 0 aliphatic heterocycles. The molecule has 0 amide bonds. The SMILES string of the molecule is CC(C)C(C#N)(CCCO)c1ccc(Br)s1.CC(C)C(C#N)(CCCO)c1cccs1.[C-]#[N+]c1ccc(C(C#N)(CCCO)C(C)C)s1. The first kappa shape index (κ1) is 43.4. The molecule has 0 spiro atoms. The summed E-state index contributed by atoms with van der Waals surface area (Å²) in [5, 5.41) is 57.8. The standard InChI is InChI=1S/C13H16N2OS.C12H16BrNOS.C12H17NOS/c1-10(2)13(9-14,7-4-8-16)11-5-6-12(15-3)17-11;1-9(2)12(8-14,6-3-7-15)10-4-5-11(13)16-10;1-10(2)12(9-13,6-4-7-14)11-5-3-8-15-11/h5-6,10,16H,4,7-8H2,1-2H3;4-5,9,15H,3,6-7H2,1-2H3;3,5,8,10,14H,4,6-7H2,1-2H3. The largest absolute Gasteiger partial charge is 0.396 e. The van der Waals surface area contributed by atoms with Gasteiger partial charge in [0.2, 0.25) is 5.00 Å². The minimum Gasteiger partial charge on any atom is -0.396 e. The summed E-state index contributed by atoms with van der Waals surface area (Å²) in [4.78, 5) is 6.53. The molecule has 0 aliphatic carbocycles. The number of nitriles is 3. The van der Waals surface area contributed by atoms with Crippen molar-refractivity contribution in [3.8, 4) is 18.2 Å². The third-order valence-electron chi connectivity index (χ3n) is 8.86. The summed E-state index contributed by atoms with van der Waals surface area (Å²) in [6, 6.07) is 18.9. The number of halogens is 1. The van der Waals surface area contributed by atoms with Crippen LogP contribution in [0.15, 0.2) is 45.6 Å². The quantitative estimate of drug-likeness (QED) is 0.132. The lowest BCUT2D eigenvalue weighted by molar-refractivity contribution is 0.258. The van der Waals surface area contributed by atoms with Gasteiger partial charge in [0.25, 0.3) is 0 Å². The zero-order valence-electron chi connectivity index (χ0n) is 28.9. The van der Waals surface area contributed by atoms with Crippen molar-refractivity contribution in [2.45, 2.75) is 96.3 Å². The van der Waals surface area contributed by atoms with Crippen LogP contribution in [0.25, 0.3) is 4.85 Å². The molecule has 3 N–H and O–H groups in total. The molecule has 0 fully saturated rings. The monoisotopic (exact) mass is 772 g/mol. The third kappa shape index (κ3) is 11.0. The average molecular weight is 774 g/mol. The van der Waals surface area contributed by atoms with E-state index in [-0.39, 0.29) is 37.6 Å². The Morgan fingerprint density at radius 3 is 1.40 bits per heavy atom. The highest BCUT2D eigenvalue weighted by Crippen LogP contribution is 2.43. The summed E-state index contributed by atoms with van der Waals surface area (Å²) in [5.74, 6) is 0.679. The third-order valence-corrected chi connectivity index (χ3v) is 12.9. The van der Waals surface area contributed by atoms with E-state index in [0.29, 0.717) is 37.1 Å². The Labute approximate surface area is 308 Å². The van der Waals surface area contributed by atoms with Crippen molar-refractivity contribution in [1.82, 2.24) is 0 Å². The fourth-order valence-electron chi connectivity index (χ4n) is 5.60. The first-order valence-corrected chi connectivity index (χ1v) is 19.5. The topological polar surface area (TPSA) is 136 Å². The van der Waals surface area contributed by atoms with E-state index in [2.05, 4.69) is 66.7 Å². The number of hydrogen-bond acceptors (Lipinski definition) is 9. The van der Waals surface area contributed by atoms with Gasteiger partial charge in [0.15, 0.2) is 0 Å². The maximum absolute atomic E-state index is 9.51. The molecule has 3 unspecified atom stereocenters. The maximum atomic E-state index is 9.51. The van der Waals surface area contributed by atoms with E-state index in [1.54, 1.807) is 28.7 Å². The summed E-state index contributed by atoms with van der Waals surface area (Å²) in [5.41, 5.74) is -1.45. The molecule has 3 rings (SSSR count). The molecular weight excluding hydrogens is 725 g/mol. The molecule has 0 saturated carbocycles. The van der Waals surface area contributed by atoms with Crippen LogP contribution in [0.5, 0.6) is 0 Å². The number of thiophene rings is 3. The van der Waals surface area contributed by atoms with Crippen LogP contribution in [0, 0.1) is 58.3 Å². The molecule has 0 aliphatic rings. The van der Waals surface area contributed by atoms with Crippen molar-refractivity contribution in [1.29, 1.82) is 15.8 Å². The predicted molar refractivity (Wildman–Crippen MR) is 202 cm³/mol. The lowest BCUT2D eigenvalue weighted by Gasteiger charge is -2.29. The number of aliphatic hydroxyl groups is 3. The molecule has 0 bridgehead atoms. The molecule has 0 radical (unpaired) electrons. The van der Waals surface area contributed by atoms with Gasteiger partial charge in [0, 0.05) is 34.5 Å². The van der Waals surface area contributed by atoms with Gasteiger partial charge in [-0.2, -0.15) is 27.1 Å². The van der Waals surface area contributed by atoms with E-state index in [9.17, 15) is 15.8 Å². The number of nitrogens with zero attached hydrogens (tertiary/aromatic N) is 4. The highest BCUT2D eigenvalue weighted by molar-refractivity contribution is 9.11. The first-order valence-electron chi connectivity index (χ1n) is 16.2. The summed E-state index contributed by atoms with van der Waals surface area (Å²) < 4.78 is 1.05. The number of rotatable bonds is 15. The van der Waals surface area contributed by atoms with Crippen LogP contribution in [-0.2, 0) is 16.2 Å². The summed E-state index contributed by atoms with van der Waals surface area (Å²) in [6.45, 7) is 19.7. The number of hydrogen-bond donors (Lipinski definition) is 3. The van der Waals surface area contributed by atoms with E-state index in [1.807, 2.05) is 49.6 Å². The van der Waals surface area contributed by atoms with Crippen LogP contribution < -0.4 is 0 Å². The Bertz CT molecular complexity index is 1520. The van der Waals surface area contributed by atoms with Crippen molar-refractivity contribution < 1.29 is 15.3 Å². The molecule has 0 aromatic carbocycles. The molecule has 260 valence electrons. The molecule has 3 aromatic heterocycles.